The average molecular weight is 506 g/mol. The van der Waals surface area contributed by atoms with E-state index in [-0.39, 0.29) is 18.2 Å². The molecule has 0 aliphatic heterocycles. The fraction of sp³-hybridized carbons (Fsp3) is 0.143. The third-order valence-electron chi connectivity index (χ3n) is 4.14. The van der Waals surface area contributed by atoms with Gasteiger partial charge in [-0.05, 0) is 64.3 Å². The van der Waals surface area contributed by atoms with Gasteiger partial charge < -0.3 is 19.6 Å². The maximum atomic E-state index is 13.1. The van der Waals surface area contributed by atoms with E-state index in [1.165, 1.54) is 18.2 Å². The molecule has 3 rings (SSSR count). The topological polar surface area (TPSA) is 128 Å². The molecule has 1 heterocycles. The van der Waals surface area contributed by atoms with Crippen molar-refractivity contribution in [3.05, 3.63) is 84.1 Å². The summed E-state index contributed by atoms with van der Waals surface area (Å²) in [5, 5.41) is 20.4. The summed E-state index contributed by atoms with van der Waals surface area (Å²) < 4.78 is 25.2. The molecular formula is C21H17BrFN3O6. The first-order valence-corrected chi connectivity index (χ1v) is 10.1. The van der Waals surface area contributed by atoms with Crippen LogP contribution in [0.5, 0.6) is 17.4 Å². The summed E-state index contributed by atoms with van der Waals surface area (Å²) >= 11 is 3.44. The highest BCUT2D eigenvalue weighted by Gasteiger charge is 2.21. The number of hydrogen-bond acceptors (Lipinski definition) is 7. The number of aromatic amines is 1. The van der Waals surface area contributed by atoms with E-state index in [9.17, 15) is 24.4 Å². The fourth-order valence-corrected chi connectivity index (χ4v) is 3.29. The van der Waals surface area contributed by atoms with E-state index < -0.39 is 22.0 Å². The van der Waals surface area contributed by atoms with Crippen LogP contribution in [-0.4, -0.2) is 26.6 Å². The van der Waals surface area contributed by atoms with Crippen molar-refractivity contribution in [2.45, 2.75) is 13.5 Å². The molecule has 0 radical (unpaired) electrons. The summed E-state index contributed by atoms with van der Waals surface area (Å²) in [4.78, 5) is 27.4. The van der Waals surface area contributed by atoms with Crippen molar-refractivity contribution in [3.63, 3.8) is 0 Å². The second-order valence-corrected chi connectivity index (χ2v) is 7.25. The zero-order chi connectivity index (χ0) is 23.3. The molecule has 0 amide bonds. The van der Waals surface area contributed by atoms with Gasteiger partial charge in [-0.2, -0.15) is 4.98 Å². The van der Waals surface area contributed by atoms with Crippen LogP contribution in [0, 0.1) is 15.9 Å². The summed E-state index contributed by atoms with van der Waals surface area (Å²) in [5.41, 5.74) is -0.679. The Morgan fingerprint density at radius 2 is 1.97 bits per heavy atom. The first-order valence-electron chi connectivity index (χ1n) is 9.27. The van der Waals surface area contributed by atoms with E-state index in [0.717, 1.165) is 5.56 Å². The van der Waals surface area contributed by atoms with E-state index in [4.69, 9.17) is 9.47 Å². The lowest BCUT2D eigenvalue weighted by molar-refractivity contribution is -0.387. The number of halogens is 2. The van der Waals surface area contributed by atoms with Crippen LogP contribution in [0.2, 0.25) is 0 Å². The Hall–Kier alpha value is -3.73. The van der Waals surface area contributed by atoms with E-state index in [1.807, 2.05) is 6.92 Å². The molecule has 0 saturated heterocycles. The number of H-pyrrole nitrogens is 1. The summed E-state index contributed by atoms with van der Waals surface area (Å²) in [5.74, 6) is -0.481. The molecule has 0 aliphatic carbocycles. The van der Waals surface area contributed by atoms with Gasteiger partial charge in [-0.1, -0.05) is 18.2 Å². The van der Waals surface area contributed by atoms with Gasteiger partial charge in [0.2, 0.25) is 0 Å². The number of rotatable bonds is 8. The van der Waals surface area contributed by atoms with Crippen LogP contribution in [0.3, 0.4) is 0 Å². The van der Waals surface area contributed by atoms with Crippen molar-refractivity contribution < 1.29 is 23.9 Å². The molecule has 0 unspecified atom stereocenters. The number of ether oxygens (including phenoxy) is 2. The standard InChI is InChI=1S/C21H17BrFN3O6/c1-2-31-16-10-13(5-8-17-24-20(27)18(26(29)30)21(28)25-17)9-15(22)19(16)32-11-12-3-6-14(23)7-4-12/h3-10H,2,11H2,1H3,(H2,24,25,27,28)/b8-5+. The molecule has 1 aromatic heterocycles. The Labute approximate surface area is 189 Å². The SMILES string of the molecule is CCOc1cc(/C=C/c2nc(O)c([N+](=O)[O-])c(=O)[nH]2)cc(Br)c1OCc1ccc(F)cc1. The third kappa shape index (κ3) is 5.49. The number of nitrogens with one attached hydrogen (secondary N) is 1. The van der Waals surface area contributed by atoms with Crippen molar-refractivity contribution in [2.24, 2.45) is 0 Å². The molecule has 11 heteroatoms. The molecule has 0 spiro atoms. The van der Waals surface area contributed by atoms with Crippen LogP contribution in [0.4, 0.5) is 10.1 Å². The van der Waals surface area contributed by atoms with Gasteiger partial charge in [-0.3, -0.25) is 14.9 Å². The highest BCUT2D eigenvalue weighted by atomic mass is 79.9. The molecular weight excluding hydrogens is 489 g/mol. The van der Waals surface area contributed by atoms with Gasteiger partial charge >= 0.3 is 11.2 Å². The maximum absolute atomic E-state index is 13.1. The minimum Gasteiger partial charge on any atom is -0.490 e. The monoisotopic (exact) mass is 505 g/mol. The van der Waals surface area contributed by atoms with Crippen LogP contribution in [-0.2, 0) is 6.61 Å². The summed E-state index contributed by atoms with van der Waals surface area (Å²) in [6.07, 6.45) is 2.95. The Morgan fingerprint density at radius 3 is 2.59 bits per heavy atom. The molecule has 0 saturated carbocycles. The number of aromatic hydroxyl groups is 1. The molecule has 3 aromatic rings. The molecule has 2 N–H and O–H groups in total. The predicted molar refractivity (Wildman–Crippen MR) is 118 cm³/mol. The van der Waals surface area contributed by atoms with E-state index in [0.29, 0.717) is 28.1 Å². The summed E-state index contributed by atoms with van der Waals surface area (Å²) in [6, 6.07) is 9.34. The fourth-order valence-electron chi connectivity index (χ4n) is 2.71. The smallest absolute Gasteiger partial charge is 0.395 e. The quantitative estimate of drug-likeness (QED) is 0.342. The first kappa shape index (κ1) is 22.9. The highest BCUT2D eigenvalue weighted by molar-refractivity contribution is 9.10. The van der Waals surface area contributed by atoms with Crippen molar-refractivity contribution in [3.8, 4) is 17.4 Å². The minimum absolute atomic E-state index is 0.0659. The van der Waals surface area contributed by atoms with Gasteiger partial charge in [-0.25, -0.2) is 4.39 Å². The van der Waals surface area contributed by atoms with Crippen LogP contribution in [0.1, 0.15) is 23.9 Å². The predicted octanol–water partition coefficient (Wildman–Crippen LogP) is 4.43. The maximum Gasteiger partial charge on any atom is 0.395 e. The Kier molecular flexibility index (Phi) is 7.21. The Bertz CT molecular complexity index is 1230. The molecule has 2 aromatic carbocycles. The Morgan fingerprint density at radius 1 is 1.25 bits per heavy atom. The van der Waals surface area contributed by atoms with Gasteiger partial charge in [-0.15, -0.1) is 0 Å². The van der Waals surface area contributed by atoms with Gasteiger partial charge in [0.25, 0.3) is 5.88 Å². The molecule has 0 aliphatic rings. The van der Waals surface area contributed by atoms with Crippen LogP contribution in [0.15, 0.2) is 45.7 Å². The molecule has 9 nitrogen and oxygen atoms in total. The Balaban J connectivity index is 1.86. The number of nitrogens with zero attached hydrogens (tertiary/aromatic N) is 2. The number of nitro groups is 1. The highest BCUT2D eigenvalue weighted by Crippen LogP contribution is 2.38. The van der Waals surface area contributed by atoms with Crippen LogP contribution >= 0.6 is 15.9 Å². The zero-order valence-corrected chi connectivity index (χ0v) is 18.3. The number of aromatic nitrogens is 2. The van der Waals surface area contributed by atoms with E-state index in [2.05, 4.69) is 25.9 Å². The van der Waals surface area contributed by atoms with Gasteiger partial charge in [0.05, 0.1) is 16.0 Å². The third-order valence-corrected chi connectivity index (χ3v) is 4.73. The van der Waals surface area contributed by atoms with Gasteiger partial charge in [0.15, 0.2) is 11.5 Å². The number of hydrogen-bond donors (Lipinski definition) is 2. The van der Waals surface area contributed by atoms with Crippen molar-refractivity contribution in [1.29, 1.82) is 0 Å². The zero-order valence-electron chi connectivity index (χ0n) is 16.7. The van der Waals surface area contributed by atoms with Crippen LogP contribution in [0.25, 0.3) is 12.2 Å². The van der Waals surface area contributed by atoms with Crippen molar-refractivity contribution in [1.82, 2.24) is 9.97 Å². The lowest BCUT2D eigenvalue weighted by atomic mass is 10.2. The second-order valence-electron chi connectivity index (χ2n) is 6.39. The van der Waals surface area contributed by atoms with E-state index in [1.54, 1.807) is 30.3 Å². The molecule has 0 atom stereocenters. The normalized spacial score (nSPS) is 11.0. The molecule has 32 heavy (non-hydrogen) atoms. The van der Waals surface area contributed by atoms with E-state index >= 15 is 0 Å². The van der Waals surface area contributed by atoms with Crippen molar-refractivity contribution >= 4 is 33.8 Å². The minimum atomic E-state index is -1.07. The lowest BCUT2D eigenvalue weighted by Crippen LogP contribution is -2.14. The number of benzene rings is 2. The van der Waals surface area contributed by atoms with Gasteiger partial charge in [0, 0.05) is 0 Å². The largest absolute Gasteiger partial charge is 0.490 e. The lowest BCUT2D eigenvalue weighted by Gasteiger charge is -2.15. The molecule has 0 bridgehead atoms. The molecule has 0 fully saturated rings. The second kappa shape index (κ2) is 10.1. The summed E-state index contributed by atoms with van der Waals surface area (Å²) in [7, 11) is 0. The van der Waals surface area contributed by atoms with Gasteiger partial charge in [0.1, 0.15) is 18.2 Å². The van der Waals surface area contributed by atoms with Crippen molar-refractivity contribution in [2.75, 3.05) is 6.61 Å². The summed E-state index contributed by atoms with van der Waals surface area (Å²) in [6.45, 7) is 2.38. The van der Waals surface area contributed by atoms with Crippen LogP contribution < -0.4 is 15.0 Å². The first-order chi connectivity index (χ1) is 15.3. The molecule has 166 valence electrons. The average Bonchev–Trinajstić information content (AvgIpc) is 2.72.